The number of hydrogen-bond acceptors (Lipinski definition) is 4. The summed E-state index contributed by atoms with van der Waals surface area (Å²) in [4.78, 5) is 24.5. The van der Waals surface area contributed by atoms with E-state index < -0.39 is 16.9 Å². The van der Waals surface area contributed by atoms with E-state index in [9.17, 15) is 13.8 Å². The molecule has 0 aliphatic carbocycles. The first-order valence-corrected chi connectivity index (χ1v) is 8.71. The fraction of sp³-hybridized carbons (Fsp3) is 0.467. The fourth-order valence-electron chi connectivity index (χ4n) is 2.72. The van der Waals surface area contributed by atoms with Crippen molar-refractivity contribution < 1.29 is 18.5 Å². The van der Waals surface area contributed by atoms with E-state index in [0.29, 0.717) is 24.6 Å². The lowest BCUT2D eigenvalue weighted by Crippen LogP contribution is -2.33. The average Bonchev–Trinajstić information content (AvgIpc) is 2.85. The monoisotopic (exact) mass is 322 g/mol. The average molecular weight is 322 g/mol. The normalized spacial score (nSPS) is 23.9. The Morgan fingerprint density at radius 1 is 1.45 bits per heavy atom. The topological polar surface area (TPSA) is 75.7 Å². The Bertz CT molecular complexity index is 646. The first-order chi connectivity index (χ1) is 10.5. The number of cyclic esters (lactones) is 1. The van der Waals surface area contributed by atoms with Gasteiger partial charge < -0.3 is 10.1 Å². The van der Waals surface area contributed by atoms with Gasteiger partial charge in [-0.25, -0.2) is 4.79 Å². The van der Waals surface area contributed by atoms with Gasteiger partial charge in [0.2, 0.25) is 5.91 Å². The highest BCUT2D eigenvalue weighted by atomic mass is 32.2. The van der Waals surface area contributed by atoms with Crippen LogP contribution in [0.3, 0.4) is 0 Å². The first-order valence-electron chi connectivity index (χ1n) is 7.22. The number of amides is 2. The smallest absolute Gasteiger partial charge is 0.414 e. The molecule has 7 heteroatoms. The van der Waals surface area contributed by atoms with Crippen molar-refractivity contribution in [3.8, 4) is 0 Å². The molecule has 3 rings (SSSR count). The minimum atomic E-state index is -0.818. The largest absolute Gasteiger partial charge is 0.442 e. The molecule has 2 heterocycles. The van der Waals surface area contributed by atoms with Crippen LogP contribution in [0.25, 0.3) is 0 Å². The number of anilines is 1. The van der Waals surface area contributed by atoms with E-state index in [4.69, 9.17) is 4.74 Å². The summed E-state index contributed by atoms with van der Waals surface area (Å²) >= 11 is 0. The lowest BCUT2D eigenvalue weighted by atomic mass is 10.0. The molecule has 0 saturated carbocycles. The van der Waals surface area contributed by atoms with E-state index in [-0.39, 0.29) is 12.0 Å². The summed E-state index contributed by atoms with van der Waals surface area (Å²) in [7, 11) is -0.818. The van der Waals surface area contributed by atoms with E-state index in [2.05, 4.69) is 5.32 Å². The second kappa shape index (κ2) is 6.08. The Balaban J connectivity index is 1.74. The summed E-state index contributed by atoms with van der Waals surface area (Å²) < 4.78 is 16.9. The predicted octanol–water partition coefficient (Wildman–Crippen LogP) is 0.953. The molecule has 6 nitrogen and oxygen atoms in total. The molecule has 2 aliphatic heterocycles. The summed E-state index contributed by atoms with van der Waals surface area (Å²) in [5.41, 5.74) is 3.00. The van der Waals surface area contributed by atoms with Gasteiger partial charge in [-0.3, -0.25) is 13.9 Å². The molecule has 118 valence electrons. The van der Waals surface area contributed by atoms with Crippen molar-refractivity contribution in [2.24, 2.45) is 0 Å². The molecule has 1 aromatic rings. The van der Waals surface area contributed by atoms with Crippen LogP contribution < -0.4 is 10.2 Å². The van der Waals surface area contributed by atoms with Crippen molar-refractivity contribution in [2.75, 3.05) is 23.7 Å². The van der Waals surface area contributed by atoms with Crippen molar-refractivity contribution in [3.63, 3.8) is 0 Å². The van der Waals surface area contributed by atoms with Gasteiger partial charge in [-0.05, 0) is 29.7 Å². The number of fused-ring (bicyclic) bond motifs is 1. The second-order valence-corrected chi connectivity index (χ2v) is 7.12. The molecular weight excluding hydrogens is 304 g/mol. The number of rotatable bonds is 3. The minimum absolute atomic E-state index is 0.147. The van der Waals surface area contributed by atoms with Crippen LogP contribution in [0.1, 0.15) is 18.1 Å². The number of hydrogen-bond donors (Lipinski definition) is 1. The Morgan fingerprint density at radius 2 is 2.27 bits per heavy atom. The van der Waals surface area contributed by atoms with Crippen molar-refractivity contribution in [2.45, 2.75) is 25.2 Å². The van der Waals surface area contributed by atoms with Crippen LogP contribution in [-0.2, 0) is 32.5 Å². The van der Waals surface area contributed by atoms with Crippen molar-refractivity contribution in [3.05, 3.63) is 29.3 Å². The lowest BCUT2D eigenvalue weighted by Gasteiger charge is -2.19. The van der Waals surface area contributed by atoms with Gasteiger partial charge in [-0.1, -0.05) is 6.07 Å². The van der Waals surface area contributed by atoms with E-state index in [1.807, 2.05) is 18.2 Å². The second-order valence-electron chi connectivity index (χ2n) is 5.54. The molecule has 0 spiro atoms. The molecule has 1 N–H and O–H groups in total. The van der Waals surface area contributed by atoms with Gasteiger partial charge in [-0.15, -0.1) is 0 Å². The molecule has 0 radical (unpaired) electrons. The van der Waals surface area contributed by atoms with Crippen molar-refractivity contribution >= 4 is 28.5 Å². The highest BCUT2D eigenvalue weighted by Crippen LogP contribution is 2.27. The van der Waals surface area contributed by atoms with Crippen LogP contribution in [0.2, 0.25) is 0 Å². The highest BCUT2D eigenvalue weighted by Gasteiger charge is 2.32. The summed E-state index contributed by atoms with van der Waals surface area (Å²) in [5, 5.41) is 2.65. The summed E-state index contributed by atoms with van der Waals surface area (Å²) in [5.74, 6) is 1.10. The van der Waals surface area contributed by atoms with Gasteiger partial charge in [0.1, 0.15) is 6.10 Å². The predicted molar refractivity (Wildman–Crippen MR) is 83.2 cm³/mol. The number of nitrogens with zero attached hydrogens (tertiary/aromatic N) is 1. The number of aryl methyl sites for hydroxylation is 1. The number of ether oxygens (including phenoxy) is 1. The van der Waals surface area contributed by atoms with Crippen LogP contribution in [0.5, 0.6) is 0 Å². The molecule has 0 aromatic heterocycles. The Hall–Kier alpha value is -1.89. The summed E-state index contributed by atoms with van der Waals surface area (Å²) in [6.07, 6.45) is 0.0615. The lowest BCUT2D eigenvalue weighted by molar-refractivity contribution is -0.119. The van der Waals surface area contributed by atoms with Gasteiger partial charge in [0.25, 0.3) is 0 Å². The first kappa shape index (κ1) is 15.0. The number of nitrogens with one attached hydrogen (secondary N) is 1. The third-order valence-corrected chi connectivity index (χ3v) is 5.16. The zero-order chi connectivity index (χ0) is 15.7. The van der Waals surface area contributed by atoms with E-state index in [1.165, 1.54) is 12.5 Å². The Kier molecular flexibility index (Phi) is 4.15. The zero-order valence-electron chi connectivity index (χ0n) is 12.3. The molecule has 2 aliphatic rings. The standard InChI is InChI=1S/C15H18N2O4S/c1-10(18)16-7-14-8-17(15(19)21-14)13-3-2-11-4-5-22(20)9-12(11)6-13/h2-3,6,14H,4-5,7-9H2,1H3,(H,16,18). The van der Waals surface area contributed by atoms with E-state index >= 15 is 0 Å². The third kappa shape index (κ3) is 3.14. The summed E-state index contributed by atoms with van der Waals surface area (Å²) in [6.45, 7) is 2.14. The zero-order valence-corrected chi connectivity index (χ0v) is 13.1. The molecule has 22 heavy (non-hydrogen) atoms. The maximum atomic E-state index is 12.0. The van der Waals surface area contributed by atoms with Crippen molar-refractivity contribution in [1.29, 1.82) is 0 Å². The Labute approximate surface area is 131 Å². The number of carbonyl (C=O) groups is 2. The number of benzene rings is 1. The molecule has 2 unspecified atom stereocenters. The molecule has 1 aromatic carbocycles. The van der Waals surface area contributed by atoms with Crippen LogP contribution in [-0.4, -0.2) is 41.2 Å². The Morgan fingerprint density at radius 3 is 3.05 bits per heavy atom. The quantitative estimate of drug-likeness (QED) is 0.899. The van der Waals surface area contributed by atoms with Crippen molar-refractivity contribution in [1.82, 2.24) is 5.32 Å². The molecule has 0 bridgehead atoms. The maximum Gasteiger partial charge on any atom is 0.414 e. The molecule has 2 amide bonds. The molecule has 1 fully saturated rings. The van der Waals surface area contributed by atoms with E-state index in [0.717, 1.165) is 17.7 Å². The molecule has 2 atom stereocenters. The van der Waals surface area contributed by atoms with Crippen LogP contribution in [0.4, 0.5) is 10.5 Å². The SMILES string of the molecule is CC(=O)NCC1CN(c2ccc3c(c2)CS(=O)CC3)C(=O)O1. The highest BCUT2D eigenvalue weighted by molar-refractivity contribution is 7.84. The van der Waals surface area contributed by atoms with Gasteiger partial charge >= 0.3 is 6.09 Å². The number of carbonyl (C=O) groups excluding carboxylic acids is 2. The summed E-state index contributed by atoms with van der Waals surface area (Å²) in [6, 6.07) is 5.82. The van der Waals surface area contributed by atoms with Gasteiger partial charge in [-0.2, -0.15) is 0 Å². The maximum absolute atomic E-state index is 12.0. The third-order valence-electron chi connectivity index (χ3n) is 3.87. The molecular formula is C15H18N2O4S. The van der Waals surface area contributed by atoms with Crippen LogP contribution in [0, 0.1) is 0 Å². The van der Waals surface area contributed by atoms with E-state index in [1.54, 1.807) is 4.90 Å². The molecule has 1 saturated heterocycles. The fourth-order valence-corrected chi connectivity index (χ4v) is 3.93. The van der Waals surface area contributed by atoms with Gasteiger partial charge in [0.05, 0.1) is 13.1 Å². The van der Waals surface area contributed by atoms with Gasteiger partial charge in [0.15, 0.2) is 0 Å². The minimum Gasteiger partial charge on any atom is -0.442 e. The van der Waals surface area contributed by atoms with Crippen LogP contribution in [0.15, 0.2) is 18.2 Å². The van der Waals surface area contributed by atoms with Gasteiger partial charge in [0, 0.05) is 34.9 Å². The van der Waals surface area contributed by atoms with Crippen LogP contribution >= 0.6 is 0 Å².